The summed E-state index contributed by atoms with van der Waals surface area (Å²) in [5, 5.41) is 10.0. The van der Waals surface area contributed by atoms with Crippen LogP contribution in [0.1, 0.15) is 11.6 Å². The van der Waals surface area contributed by atoms with E-state index in [0.29, 0.717) is 15.1 Å². The van der Waals surface area contributed by atoms with Gasteiger partial charge in [0.15, 0.2) is 0 Å². The number of rotatable bonds is 2. The lowest BCUT2D eigenvalue weighted by Crippen LogP contribution is -2.06. The van der Waals surface area contributed by atoms with E-state index in [1.54, 1.807) is 12.1 Å². The Labute approximate surface area is 90.1 Å². The lowest BCUT2D eigenvalue weighted by molar-refractivity contribution is 0.465. The molecule has 0 aliphatic heterocycles. The maximum absolute atomic E-state index is 9.50. The highest BCUT2D eigenvalue weighted by Gasteiger charge is 2.10. The van der Waals surface area contributed by atoms with Crippen LogP contribution >= 0.6 is 27.5 Å². The Bertz CT molecular complexity index is 341. The van der Waals surface area contributed by atoms with Crippen LogP contribution in [-0.2, 0) is 0 Å². The summed E-state index contributed by atoms with van der Waals surface area (Å²) in [6.45, 7) is 3.54. The second kappa shape index (κ2) is 4.13. The normalized spacial score (nSPS) is 12.5. The predicted molar refractivity (Wildman–Crippen MR) is 57.9 cm³/mol. The van der Waals surface area contributed by atoms with Gasteiger partial charge in [-0.05, 0) is 28.1 Å². The molecule has 0 spiro atoms. The van der Waals surface area contributed by atoms with E-state index in [4.69, 9.17) is 17.3 Å². The quantitative estimate of drug-likeness (QED) is 0.805. The molecule has 0 saturated carbocycles. The molecule has 1 atom stereocenters. The summed E-state index contributed by atoms with van der Waals surface area (Å²) in [7, 11) is 0. The molecule has 1 aromatic rings. The van der Waals surface area contributed by atoms with Crippen molar-refractivity contribution in [3.8, 4) is 5.75 Å². The van der Waals surface area contributed by atoms with E-state index in [2.05, 4.69) is 22.5 Å². The molecule has 1 rings (SSSR count). The topological polar surface area (TPSA) is 46.2 Å². The Morgan fingerprint density at radius 1 is 1.62 bits per heavy atom. The van der Waals surface area contributed by atoms with Crippen molar-refractivity contribution in [1.29, 1.82) is 0 Å². The molecule has 0 amide bonds. The van der Waals surface area contributed by atoms with Crippen LogP contribution in [0.25, 0.3) is 0 Å². The molecule has 4 heteroatoms. The zero-order valence-corrected chi connectivity index (χ0v) is 9.14. The van der Waals surface area contributed by atoms with Gasteiger partial charge < -0.3 is 10.8 Å². The first-order valence-corrected chi connectivity index (χ1v) is 4.79. The van der Waals surface area contributed by atoms with Crippen molar-refractivity contribution >= 4 is 27.5 Å². The van der Waals surface area contributed by atoms with Gasteiger partial charge in [0.25, 0.3) is 0 Å². The summed E-state index contributed by atoms with van der Waals surface area (Å²) in [6.07, 6.45) is 1.54. The van der Waals surface area contributed by atoms with Crippen molar-refractivity contribution in [2.24, 2.45) is 5.73 Å². The molecule has 2 nitrogen and oxygen atoms in total. The van der Waals surface area contributed by atoms with Crippen molar-refractivity contribution in [2.45, 2.75) is 6.04 Å². The number of aromatic hydroxyl groups is 1. The molecule has 13 heavy (non-hydrogen) atoms. The summed E-state index contributed by atoms with van der Waals surface area (Å²) in [6, 6.07) is 2.74. The van der Waals surface area contributed by atoms with Gasteiger partial charge >= 0.3 is 0 Å². The molecule has 0 aliphatic rings. The van der Waals surface area contributed by atoms with E-state index in [0.717, 1.165) is 0 Å². The van der Waals surface area contributed by atoms with E-state index in [1.165, 1.54) is 6.07 Å². The van der Waals surface area contributed by atoms with Crippen LogP contribution in [0.2, 0.25) is 5.02 Å². The van der Waals surface area contributed by atoms with Gasteiger partial charge in [0, 0.05) is 10.0 Å². The average molecular weight is 263 g/mol. The fraction of sp³-hybridized carbons (Fsp3) is 0.111. The third-order valence-electron chi connectivity index (χ3n) is 1.68. The van der Waals surface area contributed by atoms with Crippen molar-refractivity contribution in [3.05, 3.63) is 39.8 Å². The fourth-order valence-electron chi connectivity index (χ4n) is 0.946. The molecule has 0 aliphatic carbocycles. The summed E-state index contributed by atoms with van der Waals surface area (Å²) in [5.74, 6) is 0.115. The Morgan fingerprint density at radius 3 is 2.77 bits per heavy atom. The van der Waals surface area contributed by atoms with E-state index < -0.39 is 6.04 Å². The molecule has 0 fully saturated rings. The van der Waals surface area contributed by atoms with E-state index >= 15 is 0 Å². The monoisotopic (exact) mass is 261 g/mol. The maximum Gasteiger partial charge on any atom is 0.121 e. The van der Waals surface area contributed by atoms with Gasteiger partial charge in [-0.2, -0.15) is 0 Å². The molecule has 0 saturated heterocycles. The Hall–Kier alpha value is -0.510. The van der Waals surface area contributed by atoms with Crippen LogP contribution < -0.4 is 5.73 Å². The molecular weight excluding hydrogens is 253 g/mol. The minimum absolute atomic E-state index is 0.115. The Balaban J connectivity index is 3.22. The zero-order chi connectivity index (χ0) is 10.0. The third kappa shape index (κ3) is 2.24. The third-order valence-corrected chi connectivity index (χ3v) is 2.88. The van der Waals surface area contributed by atoms with Crippen LogP contribution in [0.3, 0.4) is 0 Å². The van der Waals surface area contributed by atoms with Gasteiger partial charge in [0.1, 0.15) is 5.75 Å². The first kappa shape index (κ1) is 10.6. The van der Waals surface area contributed by atoms with Crippen LogP contribution in [0.15, 0.2) is 29.3 Å². The summed E-state index contributed by atoms with van der Waals surface area (Å²) < 4.78 is 0.645. The molecule has 0 radical (unpaired) electrons. The van der Waals surface area contributed by atoms with E-state index in [1.807, 2.05) is 0 Å². The number of benzene rings is 1. The van der Waals surface area contributed by atoms with Crippen molar-refractivity contribution in [1.82, 2.24) is 0 Å². The van der Waals surface area contributed by atoms with Crippen LogP contribution in [0.5, 0.6) is 5.75 Å². The number of nitrogens with two attached hydrogens (primary N) is 1. The van der Waals surface area contributed by atoms with Gasteiger partial charge in [0.2, 0.25) is 0 Å². The standard InChI is InChI=1S/C9H9BrClNO/c1-2-8(12)5-3-7(11)6(10)4-9(5)13/h2-4,8,13H,1,12H2. The van der Waals surface area contributed by atoms with Crippen LogP contribution in [0.4, 0.5) is 0 Å². The smallest absolute Gasteiger partial charge is 0.121 e. The summed E-state index contributed by atoms with van der Waals surface area (Å²) in [5.41, 5.74) is 6.23. The lowest BCUT2D eigenvalue weighted by Gasteiger charge is -2.10. The molecule has 3 N–H and O–H groups in total. The first-order valence-electron chi connectivity index (χ1n) is 3.62. The average Bonchev–Trinajstić information content (AvgIpc) is 2.10. The highest BCUT2D eigenvalue weighted by molar-refractivity contribution is 9.10. The van der Waals surface area contributed by atoms with Crippen LogP contribution in [0, 0.1) is 0 Å². The maximum atomic E-state index is 9.50. The molecule has 0 aromatic heterocycles. The number of phenols is 1. The van der Waals surface area contributed by atoms with Crippen molar-refractivity contribution in [3.63, 3.8) is 0 Å². The van der Waals surface area contributed by atoms with E-state index in [9.17, 15) is 5.11 Å². The van der Waals surface area contributed by atoms with Crippen LogP contribution in [-0.4, -0.2) is 5.11 Å². The van der Waals surface area contributed by atoms with Gasteiger partial charge in [-0.3, -0.25) is 0 Å². The van der Waals surface area contributed by atoms with Gasteiger partial charge in [-0.1, -0.05) is 17.7 Å². The van der Waals surface area contributed by atoms with Gasteiger partial charge in [-0.25, -0.2) is 0 Å². The van der Waals surface area contributed by atoms with Crippen molar-refractivity contribution < 1.29 is 5.11 Å². The molecule has 0 bridgehead atoms. The first-order chi connectivity index (χ1) is 6.06. The SMILES string of the molecule is C=CC(N)c1cc(Cl)c(Br)cc1O. The largest absolute Gasteiger partial charge is 0.508 e. The minimum Gasteiger partial charge on any atom is -0.508 e. The molecular formula is C9H9BrClNO. The molecule has 1 unspecified atom stereocenters. The molecule has 1 aromatic carbocycles. The minimum atomic E-state index is -0.398. The predicted octanol–water partition coefficient (Wildman–Crippen LogP) is 2.99. The number of phenolic OH excluding ortho intramolecular Hbond substituents is 1. The van der Waals surface area contributed by atoms with E-state index in [-0.39, 0.29) is 5.75 Å². The Kier molecular flexibility index (Phi) is 3.36. The van der Waals surface area contributed by atoms with Gasteiger partial charge in [0.05, 0.1) is 11.1 Å². The second-order valence-electron chi connectivity index (χ2n) is 2.59. The number of hydrogen-bond donors (Lipinski definition) is 2. The highest BCUT2D eigenvalue weighted by Crippen LogP contribution is 2.32. The Morgan fingerprint density at radius 2 is 2.23 bits per heavy atom. The summed E-state index contributed by atoms with van der Waals surface area (Å²) in [4.78, 5) is 0. The van der Waals surface area contributed by atoms with Crippen molar-refractivity contribution in [2.75, 3.05) is 0 Å². The lowest BCUT2D eigenvalue weighted by atomic mass is 10.1. The molecule has 0 heterocycles. The fourth-order valence-corrected chi connectivity index (χ4v) is 1.45. The summed E-state index contributed by atoms with van der Waals surface area (Å²) >= 11 is 9.03. The van der Waals surface area contributed by atoms with Gasteiger partial charge in [-0.15, -0.1) is 6.58 Å². The zero-order valence-electron chi connectivity index (χ0n) is 6.80. The number of hydrogen-bond acceptors (Lipinski definition) is 2. The molecule has 70 valence electrons. The number of halogens is 2. The second-order valence-corrected chi connectivity index (χ2v) is 3.85. The highest BCUT2D eigenvalue weighted by atomic mass is 79.9.